The highest BCUT2D eigenvalue weighted by Crippen LogP contribution is 2.15. The molecule has 0 bridgehead atoms. The molecular formula is C17H15BrN2S. The summed E-state index contributed by atoms with van der Waals surface area (Å²) in [6, 6.07) is 18.6. The van der Waals surface area contributed by atoms with Gasteiger partial charge in [0.25, 0.3) is 0 Å². The number of imidazole rings is 1. The Morgan fingerprint density at radius 2 is 1.62 bits per heavy atom. The second kappa shape index (κ2) is 6.41. The number of aromatic nitrogens is 2. The fourth-order valence-electron chi connectivity index (χ4n) is 2.28. The predicted molar refractivity (Wildman–Crippen MR) is 92.4 cm³/mol. The molecule has 106 valence electrons. The third-order valence-corrected chi connectivity index (χ3v) is 4.40. The highest BCUT2D eigenvalue weighted by atomic mass is 79.9. The monoisotopic (exact) mass is 358 g/mol. The Morgan fingerprint density at radius 1 is 0.905 bits per heavy atom. The van der Waals surface area contributed by atoms with E-state index in [2.05, 4.69) is 56.9 Å². The molecule has 0 spiro atoms. The minimum absolute atomic E-state index is 0.827. The van der Waals surface area contributed by atoms with E-state index in [1.54, 1.807) is 0 Å². The van der Waals surface area contributed by atoms with Crippen LogP contribution in [-0.2, 0) is 13.0 Å². The smallest absolute Gasteiger partial charge is 0.184 e. The summed E-state index contributed by atoms with van der Waals surface area (Å²) in [5, 5.41) is 0. The SMILES string of the molecule is S=c1n(CCc2ccccc2)ccn1-c1ccc(Br)cc1. The van der Waals surface area contributed by atoms with Gasteiger partial charge in [-0.2, -0.15) is 0 Å². The third kappa shape index (κ3) is 3.34. The Morgan fingerprint density at radius 3 is 2.33 bits per heavy atom. The van der Waals surface area contributed by atoms with Crippen LogP contribution in [0, 0.1) is 4.77 Å². The van der Waals surface area contributed by atoms with Crippen molar-refractivity contribution in [1.82, 2.24) is 9.13 Å². The lowest BCUT2D eigenvalue weighted by Crippen LogP contribution is -2.02. The van der Waals surface area contributed by atoms with Crippen molar-refractivity contribution in [3.8, 4) is 5.69 Å². The van der Waals surface area contributed by atoms with Crippen LogP contribution in [-0.4, -0.2) is 9.13 Å². The van der Waals surface area contributed by atoms with Crippen molar-refractivity contribution in [3.63, 3.8) is 0 Å². The fourth-order valence-corrected chi connectivity index (χ4v) is 2.86. The molecule has 4 heteroatoms. The molecule has 21 heavy (non-hydrogen) atoms. The minimum atomic E-state index is 0.827. The second-order valence-electron chi connectivity index (χ2n) is 4.86. The van der Waals surface area contributed by atoms with E-state index >= 15 is 0 Å². The number of halogens is 1. The van der Waals surface area contributed by atoms with Gasteiger partial charge in [0, 0.05) is 29.1 Å². The van der Waals surface area contributed by atoms with Gasteiger partial charge >= 0.3 is 0 Å². The van der Waals surface area contributed by atoms with E-state index in [0.717, 1.165) is 27.9 Å². The Balaban J connectivity index is 1.79. The maximum atomic E-state index is 5.57. The normalized spacial score (nSPS) is 10.7. The fraction of sp³-hybridized carbons (Fsp3) is 0.118. The van der Waals surface area contributed by atoms with Gasteiger partial charge in [-0.15, -0.1) is 0 Å². The van der Waals surface area contributed by atoms with Gasteiger partial charge in [-0.25, -0.2) is 0 Å². The topological polar surface area (TPSA) is 9.86 Å². The molecule has 0 N–H and O–H groups in total. The lowest BCUT2D eigenvalue weighted by atomic mass is 10.1. The molecule has 1 aromatic heterocycles. The number of aryl methyl sites for hydroxylation is 2. The number of hydrogen-bond donors (Lipinski definition) is 0. The summed E-state index contributed by atoms with van der Waals surface area (Å²) in [7, 11) is 0. The zero-order chi connectivity index (χ0) is 14.7. The van der Waals surface area contributed by atoms with Crippen LogP contribution in [0.4, 0.5) is 0 Å². The summed E-state index contributed by atoms with van der Waals surface area (Å²) in [6.45, 7) is 0.895. The maximum absolute atomic E-state index is 5.57. The summed E-state index contributed by atoms with van der Waals surface area (Å²) >= 11 is 9.02. The molecule has 2 aromatic carbocycles. The molecule has 0 radical (unpaired) electrons. The van der Waals surface area contributed by atoms with E-state index in [0.29, 0.717) is 0 Å². The van der Waals surface area contributed by atoms with Gasteiger partial charge in [0.05, 0.1) is 0 Å². The Hall–Kier alpha value is -1.65. The van der Waals surface area contributed by atoms with Gasteiger partial charge in [-0.1, -0.05) is 46.3 Å². The molecular weight excluding hydrogens is 344 g/mol. The second-order valence-corrected chi connectivity index (χ2v) is 6.14. The Kier molecular flexibility index (Phi) is 4.36. The first-order chi connectivity index (χ1) is 10.2. The average Bonchev–Trinajstić information content (AvgIpc) is 2.88. The van der Waals surface area contributed by atoms with Crippen LogP contribution in [0.3, 0.4) is 0 Å². The van der Waals surface area contributed by atoms with Crippen LogP contribution in [0.5, 0.6) is 0 Å². The van der Waals surface area contributed by atoms with E-state index in [-0.39, 0.29) is 0 Å². The molecule has 0 aliphatic carbocycles. The molecule has 2 nitrogen and oxygen atoms in total. The van der Waals surface area contributed by atoms with Gasteiger partial charge in [-0.05, 0) is 48.5 Å². The van der Waals surface area contributed by atoms with Crippen molar-refractivity contribution in [2.45, 2.75) is 13.0 Å². The van der Waals surface area contributed by atoms with E-state index in [9.17, 15) is 0 Å². The molecule has 0 saturated heterocycles. The molecule has 0 amide bonds. The van der Waals surface area contributed by atoms with Crippen LogP contribution in [0.2, 0.25) is 0 Å². The van der Waals surface area contributed by atoms with E-state index in [1.165, 1.54) is 5.56 Å². The van der Waals surface area contributed by atoms with Crippen molar-refractivity contribution in [3.05, 3.63) is 81.8 Å². The van der Waals surface area contributed by atoms with Crippen LogP contribution in [0.1, 0.15) is 5.56 Å². The maximum Gasteiger partial charge on any atom is 0.184 e. The minimum Gasteiger partial charge on any atom is -0.323 e. The zero-order valence-electron chi connectivity index (χ0n) is 11.4. The van der Waals surface area contributed by atoms with Gasteiger partial charge < -0.3 is 4.57 Å². The zero-order valence-corrected chi connectivity index (χ0v) is 13.8. The quantitative estimate of drug-likeness (QED) is 0.595. The Labute approximate surface area is 137 Å². The highest BCUT2D eigenvalue weighted by molar-refractivity contribution is 9.10. The standard InChI is InChI=1S/C17H15BrN2S/c18-15-6-8-16(9-7-15)20-13-12-19(17(20)21)11-10-14-4-2-1-3-5-14/h1-9,12-13H,10-11H2. The van der Waals surface area contributed by atoms with Crippen LogP contribution < -0.4 is 0 Å². The summed E-state index contributed by atoms with van der Waals surface area (Å²) in [6.07, 6.45) is 5.06. The van der Waals surface area contributed by atoms with Crippen molar-refractivity contribution >= 4 is 28.1 Å². The molecule has 0 aliphatic rings. The molecule has 0 fully saturated rings. The van der Waals surface area contributed by atoms with Crippen molar-refractivity contribution in [2.24, 2.45) is 0 Å². The lowest BCUT2D eigenvalue weighted by Gasteiger charge is -2.05. The van der Waals surface area contributed by atoms with Gasteiger partial charge in [0.1, 0.15) is 0 Å². The van der Waals surface area contributed by atoms with Crippen molar-refractivity contribution < 1.29 is 0 Å². The highest BCUT2D eigenvalue weighted by Gasteiger charge is 2.02. The molecule has 0 aliphatic heterocycles. The van der Waals surface area contributed by atoms with Gasteiger partial charge in [-0.3, -0.25) is 4.57 Å². The predicted octanol–water partition coefficient (Wildman–Crippen LogP) is 5.01. The molecule has 0 saturated carbocycles. The molecule has 0 atom stereocenters. The number of rotatable bonds is 4. The van der Waals surface area contributed by atoms with Crippen molar-refractivity contribution in [1.29, 1.82) is 0 Å². The van der Waals surface area contributed by atoms with Crippen LogP contribution >= 0.6 is 28.1 Å². The third-order valence-electron chi connectivity index (χ3n) is 3.44. The number of hydrogen-bond acceptors (Lipinski definition) is 1. The number of nitrogens with zero attached hydrogens (tertiary/aromatic N) is 2. The van der Waals surface area contributed by atoms with E-state index in [1.807, 2.05) is 35.2 Å². The average molecular weight is 359 g/mol. The largest absolute Gasteiger partial charge is 0.323 e. The lowest BCUT2D eigenvalue weighted by molar-refractivity contribution is 0.679. The Bertz CT molecular complexity index is 773. The molecule has 3 aromatic rings. The van der Waals surface area contributed by atoms with Crippen LogP contribution in [0.15, 0.2) is 71.5 Å². The molecule has 1 heterocycles. The van der Waals surface area contributed by atoms with Crippen LogP contribution in [0.25, 0.3) is 5.69 Å². The molecule has 0 unspecified atom stereocenters. The van der Waals surface area contributed by atoms with E-state index in [4.69, 9.17) is 12.2 Å². The summed E-state index contributed by atoms with van der Waals surface area (Å²) in [4.78, 5) is 0. The first-order valence-electron chi connectivity index (χ1n) is 6.82. The first kappa shape index (κ1) is 14.3. The van der Waals surface area contributed by atoms with E-state index < -0.39 is 0 Å². The summed E-state index contributed by atoms with van der Waals surface area (Å²) in [5.41, 5.74) is 2.41. The first-order valence-corrected chi connectivity index (χ1v) is 8.02. The number of benzene rings is 2. The summed E-state index contributed by atoms with van der Waals surface area (Å²) < 4.78 is 6.05. The van der Waals surface area contributed by atoms with Gasteiger partial charge in [0.15, 0.2) is 4.77 Å². The van der Waals surface area contributed by atoms with Crippen molar-refractivity contribution in [2.75, 3.05) is 0 Å². The summed E-state index contributed by atoms with van der Waals surface area (Å²) in [5.74, 6) is 0. The molecule has 3 rings (SSSR count). The van der Waals surface area contributed by atoms with Gasteiger partial charge in [0.2, 0.25) is 0 Å².